The minimum Gasteiger partial charge on any atom is -0.496 e. The number of aliphatic imine (C=N–C) groups is 1. The number of nitrogens with zero attached hydrogens (tertiary/aromatic N) is 1. The van der Waals surface area contributed by atoms with Gasteiger partial charge in [-0.25, -0.2) is 0 Å². The summed E-state index contributed by atoms with van der Waals surface area (Å²) in [5.41, 5.74) is 4.19. The number of ether oxygens (including phenoxy) is 1. The molecule has 3 rings (SSSR count). The Labute approximate surface area is 130 Å². The molecule has 0 heterocycles. The Morgan fingerprint density at radius 3 is 2.27 bits per heavy atom. The minimum absolute atomic E-state index is 0.823. The molecule has 0 fully saturated rings. The van der Waals surface area contributed by atoms with Crippen LogP contribution in [0.2, 0.25) is 0 Å². The van der Waals surface area contributed by atoms with Gasteiger partial charge in [-0.2, -0.15) is 0 Å². The first-order valence-electron chi connectivity index (χ1n) is 7.20. The summed E-state index contributed by atoms with van der Waals surface area (Å²) in [4.78, 5) is 4.66. The lowest BCUT2D eigenvalue weighted by Crippen LogP contribution is -1.89. The summed E-state index contributed by atoms with van der Waals surface area (Å²) in [6.45, 7) is 0. The molecule has 0 aromatic heterocycles. The summed E-state index contributed by atoms with van der Waals surface area (Å²) in [5.74, 6) is 0.823. The molecule has 108 valence electrons. The molecule has 2 nitrogen and oxygen atoms in total. The van der Waals surface area contributed by atoms with Gasteiger partial charge in [0, 0.05) is 17.3 Å². The van der Waals surface area contributed by atoms with E-state index in [1.54, 1.807) is 7.11 Å². The first kappa shape index (κ1) is 14.1. The fourth-order valence-electron chi connectivity index (χ4n) is 2.36. The standard InChI is InChI=1S/C20H17NO/c1-22-20-14-8-5-11-17(20)15-21-19-13-7-6-12-18(19)16-9-3-2-4-10-16/h2-15H,1H3. The summed E-state index contributed by atoms with van der Waals surface area (Å²) >= 11 is 0. The van der Waals surface area contributed by atoms with Crippen LogP contribution in [-0.4, -0.2) is 13.3 Å². The Morgan fingerprint density at radius 1 is 0.773 bits per heavy atom. The highest BCUT2D eigenvalue weighted by Crippen LogP contribution is 2.30. The van der Waals surface area contributed by atoms with E-state index in [0.29, 0.717) is 0 Å². The topological polar surface area (TPSA) is 21.6 Å². The van der Waals surface area contributed by atoms with Crippen LogP contribution >= 0.6 is 0 Å². The molecule has 22 heavy (non-hydrogen) atoms. The van der Waals surface area contributed by atoms with E-state index >= 15 is 0 Å². The average Bonchev–Trinajstić information content (AvgIpc) is 2.61. The number of para-hydroxylation sites is 2. The van der Waals surface area contributed by atoms with Crippen molar-refractivity contribution in [3.8, 4) is 16.9 Å². The lowest BCUT2D eigenvalue weighted by molar-refractivity contribution is 0.414. The van der Waals surface area contributed by atoms with Gasteiger partial charge in [0.1, 0.15) is 5.75 Å². The molecule has 0 amide bonds. The van der Waals surface area contributed by atoms with Gasteiger partial charge < -0.3 is 4.74 Å². The van der Waals surface area contributed by atoms with Crippen molar-refractivity contribution in [1.82, 2.24) is 0 Å². The van der Waals surface area contributed by atoms with Crippen LogP contribution in [0.25, 0.3) is 11.1 Å². The smallest absolute Gasteiger partial charge is 0.127 e. The number of hydrogen-bond acceptors (Lipinski definition) is 2. The summed E-state index contributed by atoms with van der Waals surface area (Å²) in [5, 5.41) is 0. The number of hydrogen-bond donors (Lipinski definition) is 0. The minimum atomic E-state index is 0.823. The molecule has 0 unspecified atom stereocenters. The second-order valence-electron chi connectivity index (χ2n) is 4.88. The molecule has 0 N–H and O–H groups in total. The van der Waals surface area contributed by atoms with Gasteiger partial charge in [-0.3, -0.25) is 4.99 Å². The van der Waals surface area contributed by atoms with Crippen LogP contribution in [-0.2, 0) is 0 Å². The Balaban J connectivity index is 1.98. The van der Waals surface area contributed by atoms with Gasteiger partial charge in [-0.1, -0.05) is 60.7 Å². The van der Waals surface area contributed by atoms with Crippen molar-refractivity contribution in [2.24, 2.45) is 4.99 Å². The van der Waals surface area contributed by atoms with Crippen molar-refractivity contribution >= 4 is 11.9 Å². The third kappa shape index (κ3) is 3.07. The predicted molar refractivity (Wildman–Crippen MR) is 92.1 cm³/mol. The molecular formula is C20H17NO. The monoisotopic (exact) mass is 287 g/mol. The molecule has 0 radical (unpaired) electrons. The number of methoxy groups -OCH3 is 1. The third-order valence-corrected chi connectivity index (χ3v) is 3.47. The zero-order valence-corrected chi connectivity index (χ0v) is 12.4. The molecule has 0 saturated heterocycles. The van der Waals surface area contributed by atoms with E-state index in [0.717, 1.165) is 28.1 Å². The third-order valence-electron chi connectivity index (χ3n) is 3.47. The van der Waals surface area contributed by atoms with E-state index in [1.165, 1.54) is 0 Å². The molecule has 3 aromatic carbocycles. The Morgan fingerprint density at radius 2 is 1.45 bits per heavy atom. The van der Waals surface area contributed by atoms with E-state index < -0.39 is 0 Å². The summed E-state index contributed by atoms with van der Waals surface area (Å²) in [7, 11) is 1.67. The highest BCUT2D eigenvalue weighted by atomic mass is 16.5. The largest absolute Gasteiger partial charge is 0.496 e. The van der Waals surface area contributed by atoms with Crippen LogP contribution in [0.5, 0.6) is 5.75 Å². The Hall–Kier alpha value is -2.87. The van der Waals surface area contributed by atoms with Gasteiger partial charge in [0.05, 0.1) is 12.8 Å². The Kier molecular flexibility index (Phi) is 4.30. The zero-order chi connectivity index (χ0) is 15.2. The highest BCUT2D eigenvalue weighted by Gasteiger charge is 2.03. The molecule has 0 bridgehead atoms. The molecule has 0 aliphatic rings. The van der Waals surface area contributed by atoms with Crippen LogP contribution < -0.4 is 4.74 Å². The van der Waals surface area contributed by atoms with Gasteiger partial charge >= 0.3 is 0 Å². The van der Waals surface area contributed by atoms with Crippen LogP contribution in [0.4, 0.5) is 5.69 Å². The van der Waals surface area contributed by atoms with Crippen LogP contribution in [0, 0.1) is 0 Å². The van der Waals surface area contributed by atoms with Gasteiger partial charge in [0.2, 0.25) is 0 Å². The van der Waals surface area contributed by atoms with Crippen molar-refractivity contribution in [2.75, 3.05) is 7.11 Å². The van der Waals surface area contributed by atoms with E-state index in [1.807, 2.05) is 66.9 Å². The zero-order valence-electron chi connectivity index (χ0n) is 12.4. The average molecular weight is 287 g/mol. The van der Waals surface area contributed by atoms with Gasteiger partial charge in [-0.15, -0.1) is 0 Å². The fourth-order valence-corrected chi connectivity index (χ4v) is 2.36. The second kappa shape index (κ2) is 6.72. The maximum atomic E-state index is 5.36. The summed E-state index contributed by atoms with van der Waals surface area (Å²) < 4.78 is 5.36. The molecule has 0 aliphatic carbocycles. The van der Waals surface area contributed by atoms with Crippen molar-refractivity contribution < 1.29 is 4.74 Å². The van der Waals surface area contributed by atoms with Crippen LogP contribution in [0.3, 0.4) is 0 Å². The van der Waals surface area contributed by atoms with Crippen LogP contribution in [0.15, 0.2) is 83.9 Å². The van der Waals surface area contributed by atoms with E-state index in [9.17, 15) is 0 Å². The molecule has 0 aliphatic heterocycles. The van der Waals surface area contributed by atoms with Gasteiger partial charge in [0.15, 0.2) is 0 Å². The van der Waals surface area contributed by atoms with E-state index in [-0.39, 0.29) is 0 Å². The molecule has 3 aromatic rings. The normalized spacial score (nSPS) is 10.8. The fraction of sp³-hybridized carbons (Fsp3) is 0.0500. The lowest BCUT2D eigenvalue weighted by atomic mass is 10.0. The molecule has 0 spiro atoms. The first-order chi connectivity index (χ1) is 10.9. The summed E-state index contributed by atoms with van der Waals surface area (Å²) in [6.07, 6.45) is 1.85. The number of benzene rings is 3. The van der Waals surface area contributed by atoms with E-state index in [2.05, 4.69) is 23.2 Å². The number of rotatable bonds is 4. The molecule has 0 saturated carbocycles. The van der Waals surface area contributed by atoms with E-state index in [4.69, 9.17) is 4.74 Å². The van der Waals surface area contributed by atoms with Crippen molar-refractivity contribution in [2.45, 2.75) is 0 Å². The first-order valence-corrected chi connectivity index (χ1v) is 7.20. The summed E-state index contributed by atoms with van der Waals surface area (Å²) in [6, 6.07) is 26.3. The van der Waals surface area contributed by atoms with Gasteiger partial charge in [-0.05, 0) is 23.8 Å². The van der Waals surface area contributed by atoms with Crippen molar-refractivity contribution in [3.63, 3.8) is 0 Å². The maximum Gasteiger partial charge on any atom is 0.127 e. The maximum absolute atomic E-state index is 5.36. The molecule has 2 heteroatoms. The molecular weight excluding hydrogens is 270 g/mol. The second-order valence-corrected chi connectivity index (χ2v) is 4.88. The highest BCUT2D eigenvalue weighted by molar-refractivity contribution is 5.88. The molecule has 0 atom stereocenters. The van der Waals surface area contributed by atoms with Crippen LogP contribution in [0.1, 0.15) is 5.56 Å². The Bertz CT molecular complexity index is 778. The quantitative estimate of drug-likeness (QED) is 0.611. The predicted octanol–water partition coefficient (Wildman–Crippen LogP) is 5.11. The van der Waals surface area contributed by atoms with Crippen molar-refractivity contribution in [1.29, 1.82) is 0 Å². The van der Waals surface area contributed by atoms with Crippen molar-refractivity contribution in [3.05, 3.63) is 84.4 Å². The lowest BCUT2D eigenvalue weighted by Gasteiger charge is -2.06. The SMILES string of the molecule is COc1ccccc1C=Nc1ccccc1-c1ccccc1. The van der Waals surface area contributed by atoms with Gasteiger partial charge in [0.25, 0.3) is 0 Å².